The molecule has 0 aromatic rings. The van der Waals surface area contributed by atoms with E-state index in [4.69, 9.17) is 0 Å². The van der Waals surface area contributed by atoms with Crippen LogP contribution >= 0.6 is 24.8 Å². The zero-order chi connectivity index (χ0) is 9.97. The van der Waals surface area contributed by atoms with E-state index in [0.717, 1.165) is 17.9 Å². The van der Waals surface area contributed by atoms with Crippen LogP contribution in [0.4, 0.5) is 0 Å². The van der Waals surface area contributed by atoms with Gasteiger partial charge in [-0.15, -0.1) is 24.8 Å². The number of hydrogen-bond donors (Lipinski definition) is 1. The first-order valence-electron chi connectivity index (χ1n) is 6.29. The zero-order valence-corrected chi connectivity index (χ0v) is 12.1. The van der Waals surface area contributed by atoms with E-state index in [1.165, 1.54) is 45.4 Å². The fourth-order valence-corrected chi connectivity index (χ4v) is 3.00. The summed E-state index contributed by atoms with van der Waals surface area (Å²) in [5, 5.41) is 3.62. The normalized spacial score (nSPS) is 28.7. The maximum absolute atomic E-state index is 3.62. The lowest BCUT2D eigenvalue weighted by Gasteiger charge is -2.22. The van der Waals surface area contributed by atoms with Crippen LogP contribution in [0.3, 0.4) is 0 Å². The monoisotopic (exact) mass is 268 g/mol. The first kappa shape index (κ1) is 16.5. The minimum atomic E-state index is 0. The van der Waals surface area contributed by atoms with Crippen LogP contribution < -0.4 is 5.32 Å². The summed E-state index contributed by atoms with van der Waals surface area (Å²) >= 11 is 0. The number of likely N-dealkylation sites (tertiary alicyclic amines) is 1. The van der Waals surface area contributed by atoms with Crippen LogP contribution in [-0.4, -0.2) is 37.1 Å². The van der Waals surface area contributed by atoms with Crippen molar-refractivity contribution < 1.29 is 0 Å². The molecule has 0 saturated carbocycles. The molecule has 2 rings (SSSR count). The number of nitrogens with zero attached hydrogens (tertiary/aromatic N) is 1. The van der Waals surface area contributed by atoms with E-state index in [2.05, 4.69) is 24.1 Å². The van der Waals surface area contributed by atoms with E-state index in [9.17, 15) is 0 Å². The van der Waals surface area contributed by atoms with E-state index < -0.39 is 0 Å². The minimum Gasteiger partial charge on any atom is -0.312 e. The molecule has 2 aliphatic heterocycles. The van der Waals surface area contributed by atoms with Crippen molar-refractivity contribution in [3.05, 3.63) is 0 Å². The largest absolute Gasteiger partial charge is 0.312 e. The van der Waals surface area contributed by atoms with Crippen molar-refractivity contribution in [3.63, 3.8) is 0 Å². The van der Waals surface area contributed by atoms with Crippen LogP contribution in [0.25, 0.3) is 0 Å². The lowest BCUT2D eigenvalue weighted by Crippen LogP contribution is -2.32. The van der Waals surface area contributed by atoms with Gasteiger partial charge >= 0.3 is 0 Å². The highest BCUT2D eigenvalue weighted by Gasteiger charge is 2.35. The van der Waals surface area contributed by atoms with Crippen molar-refractivity contribution in [2.75, 3.05) is 26.2 Å². The fraction of sp³-hybridized carbons (Fsp3) is 1.00. The molecule has 2 heterocycles. The molecule has 0 amide bonds. The Bertz CT molecular complexity index is 174. The second-order valence-corrected chi connectivity index (χ2v) is 5.01. The standard InChI is InChI=1S/C12H24N2.2ClH/c1-3-10(4-2)7-14-8-11-5-6-13-12(11)9-14;;/h10-13H,3-9H2,1-2H3;2*1H/t11-,12+;;/m1../s1. The maximum atomic E-state index is 3.62. The van der Waals surface area contributed by atoms with Crippen LogP contribution in [0, 0.1) is 11.8 Å². The second-order valence-electron chi connectivity index (χ2n) is 5.01. The average Bonchev–Trinajstić information content (AvgIpc) is 2.73. The highest BCUT2D eigenvalue weighted by molar-refractivity contribution is 5.85. The maximum Gasteiger partial charge on any atom is 0.0235 e. The van der Waals surface area contributed by atoms with Crippen molar-refractivity contribution in [2.45, 2.75) is 39.2 Å². The van der Waals surface area contributed by atoms with Crippen molar-refractivity contribution >= 4 is 24.8 Å². The predicted octanol–water partition coefficient (Wildman–Crippen LogP) is 2.56. The van der Waals surface area contributed by atoms with Crippen molar-refractivity contribution in [1.29, 1.82) is 0 Å². The van der Waals surface area contributed by atoms with E-state index in [1.54, 1.807) is 0 Å². The molecular weight excluding hydrogens is 243 g/mol. The second kappa shape index (κ2) is 7.75. The van der Waals surface area contributed by atoms with Gasteiger partial charge in [0.15, 0.2) is 0 Å². The zero-order valence-electron chi connectivity index (χ0n) is 10.4. The highest BCUT2D eigenvalue weighted by atomic mass is 35.5. The molecule has 1 N–H and O–H groups in total. The first-order valence-corrected chi connectivity index (χ1v) is 6.29. The van der Waals surface area contributed by atoms with Gasteiger partial charge in [-0.05, 0) is 24.8 Å². The van der Waals surface area contributed by atoms with Crippen molar-refractivity contribution in [3.8, 4) is 0 Å². The first-order chi connectivity index (χ1) is 6.83. The van der Waals surface area contributed by atoms with E-state index in [1.807, 2.05) is 0 Å². The smallest absolute Gasteiger partial charge is 0.0235 e. The third kappa shape index (κ3) is 3.76. The molecule has 2 fully saturated rings. The molecule has 0 aromatic heterocycles. The number of fused-ring (bicyclic) bond motifs is 1. The number of nitrogens with one attached hydrogen (secondary N) is 1. The molecule has 0 unspecified atom stereocenters. The molecule has 0 bridgehead atoms. The molecule has 0 aliphatic carbocycles. The van der Waals surface area contributed by atoms with E-state index in [-0.39, 0.29) is 24.8 Å². The summed E-state index contributed by atoms with van der Waals surface area (Å²) in [7, 11) is 0. The van der Waals surface area contributed by atoms with E-state index >= 15 is 0 Å². The summed E-state index contributed by atoms with van der Waals surface area (Å²) in [6, 6.07) is 0.823. The molecule has 0 spiro atoms. The molecule has 0 aromatic carbocycles. The van der Waals surface area contributed by atoms with Gasteiger partial charge in [0, 0.05) is 25.7 Å². The number of rotatable bonds is 4. The Morgan fingerprint density at radius 2 is 1.88 bits per heavy atom. The Labute approximate surface area is 112 Å². The summed E-state index contributed by atoms with van der Waals surface area (Å²) in [6.45, 7) is 9.90. The SMILES string of the molecule is CCC(CC)CN1C[C@H]2CCN[C@H]2C1.Cl.Cl. The lowest BCUT2D eigenvalue weighted by molar-refractivity contribution is 0.253. The lowest BCUT2D eigenvalue weighted by atomic mass is 10.0. The van der Waals surface area contributed by atoms with Gasteiger partial charge in [0.25, 0.3) is 0 Å². The van der Waals surface area contributed by atoms with Gasteiger partial charge in [0.2, 0.25) is 0 Å². The van der Waals surface area contributed by atoms with Gasteiger partial charge in [0.1, 0.15) is 0 Å². The molecule has 2 atom stereocenters. The fourth-order valence-electron chi connectivity index (χ4n) is 3.00. The topological polar surface area (TPSA) is 15.3 Å². The summed E-state index contributed by atoms with van der Waals surface area (Å²) < 4.78 is 0. The molecule has 2 saturated heterocycles. The summed E-state index contributed by atoms with van der Waals surface area (Å²) in [5.74, 6) is 1.89. The van der Waals surface area contributed by atoms with Crippen LogP contribution in [0.5, 0.6) is 0 Å². The Morgan fingerprint density at radius 1 is 1.19 bits per heavy atom. The number of hydrogen-bond acceptors (Lipinski definition) is 2. The van der Waals surface area contributed by atoms with E-state index in [0.29, 0.717) is 0 Å². The van der Waals surface area contributed by atoms with Gasteiger partial charge in [-0.2, -0.15) is 0 Å². The quantitative estimate of drug-likeness (QED) is 0.843. The van der Waals surface area contributed by atoms with Gasteiger partial charge in [0.05, 0.1) is 0 Å². The Hall–Kier alpha value is 0.500. The predicted molar refractivity (Wildman–Crippen MR) is 74.9 cm³/mol. The minimum absolute atomic E-state index is 0. The van der Waals surface area contributed by atoms with Crippen molar-refractivity contribution in [1.82, 2.24) is 10.2 Å². The summed E-state index contributed by atoms with van der Waals surface area (Å²) in [6.07, 6.45) is 4.09. The summed E-state index contributed by atoms with van der Waals surface area (Å²) in [4.78, 5) is 2.68. The van der Waals surface area contributed by atoms with Crippen LogP contribution in [0.2, 0.25) is 0 Å². The summed E-state index contributed by atoms with van der Waals surface area (Å²) in [5.41, 5.74) is 0. The molecule has 2 aliphatic rings. The molecule has 0 radical (unpaired) electrons. The molecule has 98 valence electrons. The third-order valence-electron chi connectivity index (χ3n) is 4.11. The van der Waals surface area contributed by atoms with Crippen molar-refractivity contribution in [2.24, 2.45) is 11.8 Å². The van der Waals surface area contributed by atoms with Gasteiger partial charge in [-0.3, -0.25) is 0 Å². The third-order valence-corrected chi connectivity index (χ3v) is 4.11. The van der Waals surface area contributed by atoms with Crippen LogP contribution in [0.15, 0.2) is 0 Å². The van der Waals surface area contributed by atoms with Gasteiger partial charge in [-0.1, -0.05) is 26.7 Å². The van der Waals surface area contributed by atoms with Crippen LogP contribution in [-0.2, 0) is 0 Å². The average molecular weight is 269 g/mol. The van der Waals surface area contributed by atoms with Gasteiger partial charge in [-0.25, -0.2) is 0 Å². The Kier molecular flexibility index (Phi) is 8.00. The molecular formula is C12H26Cl2N2. The molecule has 4 heteroatoms. The molecule has 16 heavy (non-hydrogen) atoms. The Morgan fingerprint density at radius 3 is 2.44 bits per heavy atom. The van der Waals surface area contributed by atoms with Crippen LogP contribution in [0.1, 0.15) is 33.1 Å². The highest BCUT2D eigenvalue weighted by Crippen LogP contribution is 2.25. The molecule has 2 nitrogen and oxygen atoms in total. The van der Waals surface area contributed by atoms with Gasteiger partial charge < -0.3 is 10.2 Å². The Balaban J connectivity index is 0.00000112. The number of halogens is 2.